The van der Waals surface area contributed by atoms with Gasteiger partial charge in [-0.1, -0.05) is 6.92 Å². The number of esters is 1. The smallest absolute Gasteiger partial charge is 0.326 e. The summed E-state index contributed by atoms with van der Waals surface area (Å²) in [6.45, 7) is 8.80. The summed E-state index contributed by atoms with van der Waals surface area (Å²) in [5.41, 5.74) is -0.461. The number of rotatable bonds is 4. The number of hydrogen-bond acceptors (Lipinski definition) is 5. The van der Waals surface area contributed by atoms with E-state index in [0.717, 1.165) is 45.4 Å². The van der Waals surface area contributed by atoms with Gasteiger partial charge in [-0.2, -0.15) is 0 Å². The molecule has 0 radical (unpaired) electrons. The van der Waals surface area contributed by atoms with Crippen molar-refractivity contribution < 1.29 is 14.3 Å². The van der Waals surface area contributed by atoms with Crippen LogP contribution in [-0.4, -0.2) is 61.9 Å². The van der Waals surface area contributed by atoms with Crippen LogP contribution < -0.4 is 5.32 Å². The molecule has 0 bridgehead atoms. The molecule has 2 atom stereocenters. The number of nitrogens with one attached hydrogen (secondary N) is 1. The van der Waals surface area contributed by atoms with Crippen LogP contribution in [0.3, 0.4) is 0 Å². The van der Waals surface area contributed by atoms with Crippen molar-refractivity contribution >= 4 is 5.97 Å². The zero-order valence-electron chi connectivity index (χ0n) is 12.1. The summed E-state index contributed by atoms with van der Waals surface area (Å²) in [5, 5.41) is 3.34. The van der Waals surface area contributed by atoms with Gasteiger partial charge < -0.3 is 14.8 Å². The molecule has 5 heteroatoms. The lowest BCUT2D eigenvalue weighted by atomic mass is 9.83. The van der Waals surface area contributed by atoms with Gasteiger partial charge in [-0.15, -0.1) is 0 Å². The molecule has 2 aliphatic rings. The van der Waals surface area contributed by atoms with Gasteiger partial charge in [-0.05, 0) is 19.8 Å². The Bertz CT molecular complexity index is 305. The topological polar surface area (TPSA) is 50.8 Å². The first kappa shape index (κ1) is 14.8. The molecule has 110 valence electrons. The molecular weight excluding hydrogens is 244 g/mol. The minimum Gasteiger partial charge on any atom is -0.465 e. The van der Waals surface area contributed by atoms with E-state index < -0.39 is 5.54 Å². The fourth-order valence-corrected chi connectivity index (χ4v) is 3.15. The highest BCUT2D eigenvalue weighted by atomic mass is 16.5. The van der Waals surface area contributed by atoms with Crippen LogP contribution in [0.2, 0.25) is 0 Å². The van der Waals surface area contributed by atoms with Gasteiger partial charge in [0.15, 0.2) is 0 Å². The summed E-state index contributed by atoms with van der Waals surface area (Å²) >= 11 is 0. The van der Waals surface area contributed by atoms with Gasteiger partial charge in [0.05, 0.1) is 12.7 Å². The molecule has 0 amide bonds. The summed E-state index contributed by atoms with van der Waals surface area (Å²) < 4.78 is 11.1. The molecule has 2 unspecified atom stereocenters. The molecule has 0 saturated carbocycles. The van der Waals surface area contributed by atoms with Gasteiger partial charge in [0.2, 0.25) is 0 Å². The molecule has 0 spiro atoms. The van der Waals surface area contributed by atoms with E-state index in [4.69, 9.17) is 9.47 Å². The van der Waals surface area contributed by atoms with Gasteiger partial charge in [0.1, 0.15) is 5.54 Å². The van der Waals surface area contributed by atoms with Gasteiger partial charge in [0.25, 0.3) is 0 Å². The SMILES string of the molecule is CCOC(=O)C1(N2CCNCC2)CCOC(CC)C1. The van der Waals surface area contributed by atoms with Crippen LogP contribution in [-0.2, 0) is 14.3 Å². The Morgan fingerprint density at radius 1 is 1.42 bits per heavy atom. The lowest BCUT2D eigenvalue weighted by Crippen LogP contribution is -2.63. The van der Waals surface area contributed by atoms with Crippen LogP contribution in [0, 0.1) is 0 Å². The lowest BCUT2D eigenvalue weighted by molar-refractivity contribution is -0.170. The monoisotopic (exact) mass is 270 g/mol. The fraction of sp³-hybridized carbons (Fsp3) is 0.929. The minimum atomic E-state index is -0.461. The highest BCUT2D eigenvalue weighted by Gasteiger charge is 2.48. The molecule has 0 aromatic heterocycles. The first-order valence-electron chi connectivity index (χ1n) is 7.47. The molecule has 5 nitrogen and oxygen atoms in total. The minimum absolute atomic E-state index is 0.0568. The first-order valence-corrected chi connectivity index (χ1v) is 7.47. The van der Waals surface area contributed by atoms with E-state index in [9.17, 15) is 4.79 Å². The van der Waals surface area contributed by atoms with E-state index in [1.54, 1.807) is 0 Å². The van der Waals surface area contributed by atoms with Crippen molar-refractivity contribution in [3.05, 3.63) is 0 Å². The Balaban J connectivity index is 2.18. The Morgan fingerprint density at radius 3 is 2.79 bits per heavy atom. The zero-order chi connectivity index (χ0) is 13.7. The number of ether oxygens (including phenoxy) is 2. The Kier molecular flexibility index (Phi) is 5.19. The van der Waals surface area contributed by atoms with E-state index in [2.05, 4.69) is 17.1 Å². The van der Waals surface area contributed by atoms with Crippen LogP contribution in [0.4, 0.5) is 0 Å². The Morgan fingerprint density at radius 2 is 2.16 bits per heavy atom. The van der Waals surface area contributed by atoms with Crippen LogP contribution in [0.25, 0.3) is 0 Å². The van der Waals surface area contributed by atoms with E-state index in [-0.39, 0.29) is 12.1 Å². The third kappa shape index (κ3) is 3.09. The molecule has 2 saturated heterocycles. The number of carbonyl (C=O) groups is 1. The normalized spacial score (nSPS) is 33.1. The maximum atomic E-state index is 12.5. The molecule has 2 fully saturated rings. The molecule has 0 aromatic carbocycles. The molecular formula is C14H26N2O3. The number of nitrogens with zero attached hydrogens (tertiary/aromatic N) is 1. The predicted octanol–water partition coefficient (Wildman–Crippen LogP) is 0.783. The summed E-state index contributed by atoms with van der Waals surface area (Å²) in [5.74, 6) is -0.0568. The van der Waals surface area contributed by atoms with E-state index >= 15 is 0 Å². The summed E-state index contributed by atoms with van der Waals surface area (Å²) in [6.07, 6.45) is 2.64. The van der Waals surface area contributed by atoms with Crippen molar-refractivity contribution in [1.29, 1.82) is 0 Å². The third-order valence-corrected chi connectivity index (χ3v) is 4.27. The lowest BCUT2D eigenvalue weighted by Gasteiger charge is -2.47. The fourth-order valence-electron chi connectivity index (χ4n) is 3.15. The van der Waals surface area contributed by atoms with Gasteiger partial charge in [-0.25, -0.2) is 0 Å². The van der Waals surface area contributed by atoms with E-state index in [0.29, 0.717) is 13.2 Å². The molecule has 0 aromatic rings. The second-order valence-electron chi connectivity index (χ2n) is 5.34. The van der Waals surface area contributed by atoms with E-state index in [1.807, 2.05) is 6.92 Å². The maximum Gasteiger partial charge on any atom is 0.326 e. The Hall–Kier alpha value is -0.650. The Labute approximate surface area is 115 Å². The molecule has 19 heavy (non-hydrogen) atoms. The number of carbonyl (C=O) groups excluding carboxylic acids is 1. The number of piperazine rings is 1. The zero-order valence-corrected chi connectivity index (χ0v) is 12.1. The van der Waals surface area contributed by atoms with Crippen molar-refractivity contribution in [3.8, 4) is 0 Å². The quantitative estimate of drug-likeness (QED) is 0.765. The van der Waals surface area contributed by atoms with Crippen LogP contribution in [0.15, 0.2) is 0 Å². The van der Waals surface area contributed by atoms with Crippen molar-refractivity contribution in [3.63, 3.8) is 0 Å². The van der Waals surface area contributed by atoms with Crippen molar-refractivity contribution in [2.75, 3.05) is 39.4 Å². The van der Waals surface area contributed by atoms with Gasteiger partial charge in [-0.3, -0.25) is 9.69 Å². The highest BCUT2D eigenvalue weighted by molar-refractivity contribution is 5.81. The van der Waals surface area contributed by atoms with Crippen molar-refractivity contribution in [1.82, 2.24) is 10.2 Å². The van der Waals surface area contributed by atoms with Crippen molar-refractivity contribution in [2.24, 2.45) is 0 Å². The van der Waals surface area contributed by atoms with Crippen LogP contribution in [0.1, 0.15) is 33.1 Å². The highest BCUT2D eigenvalue weighted by Crippen LogP contribution is 2.33. The molecule has 0 aliphatic carbocycles. The molecule has 2 heterocycles. The molecule has 2 aliphatic heterocycles. The molecule has 2 rings (SSSR count). The second-order valence-corrected chi connectivity index (χ2v) is 5.34. The average molecular weight is 270 g/mol. The maximum absolute atomic E-state index is 12.5. The predicted molar refractivity (Wildman–Crippen MR) is 73.1 cm³/mol. The van der Waals surface area contributed by atoms with Crippen molar-refractivity contribution in [2.45, 2.75) is 44.8 Å². The summed E-state index contributed by atoms with van der Waals surface area (Å²) in [4.78, 5) is 14.9. The van der Waals surface area contributed by atoms with Gasteiger partial charge in [0, 0.05) is 39.2 Å². The number of hydrogen-bond donors (Lipinski definition) is 1. The van der Waals surface area contributed by atoms with E-state index in [1.165, 1.54) is 0 Å². The first-order chi connectivity index (χ1) is 9.23. The standard InChI is InChI=1S/C14H26N2O3/c1-3-12-11-14(5-10-19-12,13(17)18-4-2)16-8-6-15-7-9-16/h12,15H,3-11H2,1-2H3. The largest absolute Gasteiger partial charge is 0.465 e. The summed E-state index contributed by atoms with van der Waals surface area (Å²) in [6, 6.07) is 0. The van der Waals surface area contributed by atoms with Crippen LogP contribution in [0.5, 0.6) is 0 Å². The van der Waals surface area contributed by atoms with Crippen LogP contribution >= 0.6 is 0 Å². The molecule has 1 N–H and O–H groups in total. The summed E-state index contributed by atoms with van der Waals surface area (Å²) in [7, 11) is 0. The third-order valence-electron chi connectivity index (χ3n) is 4.27. The average Bonchev–Trinajstić information content (AvgIpc) is 2.48. The van der Waals surface area contributed by atoms with Gasteiger partial charge >= 0.3 is 5.97 Å². The second kappa shape index (κ2) is 6.68.